The number of nitrogens with zero attached hydrogens (tertiary/aromatic N) is 1. The predicted octanol–water partition coefficient (Wildman–Crippen LogP) is 0.815. The second-order valence-electron chi connectivity index (χ2n) is 4.76. The number of aryl methyl sites for hydroxylation is 1. The molecule has 1 aliphatic heterocycles. The monoisotopic (exact) mass is 245 g/mol. The molecule has 2 unspecified atom stereocenters. The Labute approximate surface area is 103 Å². The molecule has 1 saturated heterocycles. The smallest absolute Gasteiger partial charge is 0.308 e. The van der Waals surface area contributed by atoms with Gasteiger partial charge in [0.05, 0.1) is 23.4 Å². The third kappa shape index (κ3) is 1.30. The Hall–Kier alpha value is -2.17. The number of rotatable bonds is 2. The van der Waals surface area contributed by atoms with E-state index >= 15 is 0 Å². The Morgan fingerprint density at radius 2 is 1.61 bits per heavy atom. The van der Waals surface area contributed by atoms with Crippen LogP contribution in [0.2, 0.25) is 0 Å². The van der Waals surface area contributed by atoms with Crippen molar-refractivity contribution in [3.05, 3.63) is 29.8 Å². The molecule has 3 rings (SSSR count). The lowest BCUT2D eigenvalue weighted by molar-refractivity contribution is -0.142. The van der Waals surface area contributed by atoms with Crippen molar-refractivity contribution in [3.8, 4) is 0 Å². The molecule has 92 valence electrons. The van der Waals surface area contributed by atoms with Crippen LogP contribution >= 0.6 is 0 Å². The van der Waals surface area contributed by atoms with E-state index in [1.165, 1.54) is 0 Å². The van der Waals surface area contributed by atoms with Gasteiger partial charge in [-0.15, -0.1) is 0 Å². The zero-order valence-corrected chi connectivity index (χ0v) is 9.66. The third-order valence-corrected chi connectivity index (χ3v) is 3.61. The number of hydrogen-bond acceptors (Lipinski definition) is 3. The van der Waals surface area contributed by atoms with E-state index in [0.717, 1.165) is 10.5 Å². The van der Waals surface area contributed by atoms with Gasteiger partial charge in [-0.3, -0.25) is 19.3 Å². The van der Waals surface area contributed by atoms with Gasteiger partial charge >= 0.3 is 5.97 Å². The first-order valence-electron chi connectivity index (χ1n) is 5.69. The number of hydrogen-bond donors (Lipinski definition) is 1. The van der Waals surface area contributed by atoms with Gasteiger partial charge in [0.2, 0.25) is 11.8 Å². The van der Waals surface area contributed by atoms with Crippen molar-refractivity contribution in [2.45, 2.75) is 6.92 Å². The summed E-state index contributed by atoms with van der Waals surface area (Å²) in [5.41, 5.74) is 1.55. The number of carbonyl (C=O) groups excluding carboxylic acids is 2. The maximum absolute atomic E-state index is 12.0. The molecule has 1 N–H and O–H groups in total. The Morgan fingerprint density at radius 1 is 1.11 bits per heavy atom. The molecule has 1 aromatic rings. The molecule has 2 atom stereocenters. The van der Waals surface area contributed by atoms with Crippen LogP contribution < -0.4 is 4.90 Å². The Bertz CT molecular complexity index is 541. The minimum atomic E-state index is -1.06. The maximum Gasteiger partial charge on any atom is 0.308 e. The topological polar surface area (TPSA) is 74.7 Å². The number of fused-ring (bicyclic) bond motifs is 1. The van der Waals surface area contributed by atoms with Crippen molar-refractivity contribution < 1.29 is 19.5 Å². The normalized spacial score (nSPS) is 29.4. The quantitative estimate of drug-likeness (QED) is 0.782. The molecular formula is C13H11NO4. The number of carboxylic acid groups (broad SMARTS) is 1. The number of piperidine rings is 1. The average Bonchev–Trinajstić information content (AvgIpc) is 3.01. The highest BCUT2D eigenvalue weighted by Gasteiger charge is 2.70. The summed E-state index contributed by atoms with van der Waals surface area (Å²) in [6, 6.07) is 7.03. The van der Waals surface area contributed by atoms with Crippen LogP contribution in [0.25, 0.3) is 0 Å². The van der Waals surface area contributed by atoms with Crippen molar-refractivity contribution in [2.24, 2.45) is 17.8 Å². The van der Waals surface area contributed by atoms with Crippen molar-refractivity contribution in [2.75, 3.05) is 4.90 Å². The van der Waals surface area contributed by atoms with Crippen LogP contribution in [0.3, 0.4) is 0 Å². The molecule has 0 radical (unpaired) electrons. The maximum atomic E-state index is 12.0. The molecule has 1 aromatic carbocycles. The van der Waals surface area contributed by atoms with Crippen LogP contribution in [0.5, 0.6) is 0 Å². The second-order valence-corrected chi connectivity index (χ2v) is 4.76. The molecule has 0 bridgehead atoms. The molecule has 0 spiro atoms. The summed E-state index contributed by atoms with van der Waals surface area (Å²) < 4.78 is 0. The number of amides is 2. The molecule has 5 nitrogen and oxygen atoms in total. The van der Waals surface area contributed by atoms with E-state index in [1.807, 2.05) is 19.1 Å². The Morgan fingerprint density at radius 3 is 2.06 bits per heavy atom. The summed E-state index contributed by atoms with van der Waals surface area (Å²) in [5.74, 6) is -3.96. The highest BCUT2D eigenvalue weighted by atomic mass is 16.4. The minimum Gasteiger partial charge on any atom is -0.481 e. The zero-order chi connectivity index (χ0) is 13.0. The number of benzene rings is 1. The average molecular weight is 245 g/mol. The summed E-state index contributed by atoms with van der Waals surface area (Å²) >= 11 is 0. The molecule has 2 fully saturated rings. The molecule has 0 aromatic heterocycles. The zero-order valence-electron chi connectivity index (χ0n) is 9.66. The van der Waals surface area contributed by atoms with E-state index in [1.54, 1.807) is 12.1 Å². The van der Waals surface area contributed by atoms with E-state index in [2.05, 4.69) is 0 Å². The van der Waals surface area contributed by atoms with E-state index in [0.29, 0.717) is 5.69 Å². The third-order valence-electron chi connectivity index (χ3n) is 3.61. The van der Waals surface area contributed by atoms with E-state index in [9.17, 15) is 14.4 Å². The molecule has 1 saturated carbocycles. The number of anilines is 1. The van der Waals surface area contributed by atoms with Crippen molar-refractivity contribution >= 4 is 23.5 Å². The van der Waals surface area contributed by atoms with E-state index in [-0.39, 0.29) is 11.8 Å². The standard InChI is InChI=1S/C13H11NO4/c1-6-2-4-7(5-3-6)14-11(15)8-9(12(14)16)10(8)13(17)18/h2-5,8-10H,1H3,(H,17,18). The summed E-state index contributed by atoms with van der Waals surface area (Å²) in [4.78, 5) is 35.9. The van der Waals surface area contributed by atoms with Crippen molar-refractivity contribution in [1.29, 1.82) is 0 Å². The lowest BCUT2D eigenvalue weighted by Crippen LogP contribution is -2.35. The highest BCUT2D eigenvalue weighted by Crippen LogP contribution is 2.54. The van der Waals surface area contributed by atoms with Crippen molar-refractivity contribution in [3.63, 3.8) is 0 Å². The van der Waals surface area contributed by atoms with Crippen LogP contribution in [0.1, 0.15) is 5.56 Å². The molecule has 2 amide bonds. The lowest BCUT2D eigenvalue weighted by Gasteiger charge is -2.17. The largest absolute Gasteiger partial charge is 0.481 e. The fraction of sp³-hybridized carbons (Fsp3) is 0.308. The van der Waals surface area contributed by atoms with Crippen LogP contribution in [-0.2, 0) is 14.4 Å². The SMILES string of the molecule is Cc1ccc(N2C(=O)C3C(C(=O)O)C3C2=O)cc1. The molecular weight excluding hydrogens is 234 g/mol. The fourth-order valence-corrected chi connectivity index (χ4v) is 2.59. The van der Waals surface area contributed by atoms with Gasteiger partial charge in [0.1, 0.15) is 0 Å². The van der Waals surface area contributed by atoms with Gasteiger partial charge in [0, 0.05) is 0 Å². The Kier molecular flexibility index (Phi) is 2.08. The summed E-state index contributed by atoms with van der Waals surface area (Å²) in [7, 11) is 0. The molecule has 18 heavy (non-hydrogen) atoms. The van der Waals surface area contributed by atoms with Gasteiger partial charge in [-0.2, -0.15) is 0 Å². The second kappa shape index (κ2) is 3.41. The predicted molar refractivity (Wildman–Crippen MR) is 61.8 cm³/mol. The lowest BCUT2D eigenvalue weighted by atomic mass is 10.2. The molecule has 1 aliphatic carbocycles. The van der Waals surface area contributed by atoms with Crippen molar-refractivity contribution in [1.82, 2.24) is 0 Å². The highest BCUT2D eigenvalue weighted by molar-refractivity contribution is 6.27. The summed E-state index contributed by atoms with van der Waals surface area (Å²) in [5, 5.41) is 8.86. The number of carbonyl (C=O) groups is 3. The van der Waals surface area contributed by atoms with E-state index in [4.69, 9.17) is 5.11 Å². The van der Waals surface area contributed by atoms with Gasteiger partial charge in [-0.25, -0.2) is 0 Å². The van der Waals surface area contributed by atoms with Gasteiger partial charge in [0.15, 0.2) is 0 Å². The summed E-state index contributed by atoms with van der Waals surface area (Å²) in [6.45, 7) is 1.91. The van der Waals surface area contributed by atoms with Gasteiger partial charge in [-0.05, 0) is 19.1 Å². The Balaban J connectivity index is 1.90. The van der Waals surface area contributed by atoms with Gasteiger partial charge in [0.25, 0.3) is 0 Å². The van der Waals surface area contributed by atoms with Crippen LogP contribution in [0.15, 0.2) is 24.3 Å². The van der Waals surface area contributed by atoms with Crippen LogP contribution in [-0.4, -0.2) is 22.9 Å². The first-order chi connectivity index (χ1) is 8.52. The van der Waals surface area contributed by atoms with Crippen LogP contribution in [0, 0.1) is 24.7 Å². The van der Waals surface area contributed by atoms with E-state index < -0.39 is 23.7 Å². The first-order valence-corrected chi connectivity index (χ1v) is 5.69. The molecule has 5 heteroatoms. The van der Waals surface area contributed by atoms with Gasteiger partial charge in [-0.1, -0.05) is 17.7 Å². The van der Waals surface area contributed by atoms with Crippen LogP contribution in [0.4, 0.5) is 5.69 Å². The number of imide groups is 1. The minimum absolute atomic E-state index is 0.388. The van der Waals surface area contributed by atoms with Gasteiger partial charge < -0.3 is 5.11 Å². The first kappa shape index (κ1) is 11.0. The number of aliphatic carboxylic acids is 1. The molecule has 2 aliphatic rings. The molecule has 1 heterocycles. The summed E-state index contributed by atoms with van der Waals surface area (Å²) in [6.07, 6.45) is 0. The fourth-order valence-electron chi connectivity index (χ4n) is 2.59. The number of carboxylic acids is 1.